The highest BCUT2D eigenvalue weighted by Crippen LogP contribution is 2.18. The topological polar surface area (TPSA) is 66.6 Å². The average molecular weight is 230 g/mol. The Morgan fingerprint density at radius 2 is 1.88 bits per heavy atom. The summed E-state index contributed by atoms with van der Waals surface area (Å²) in [6.07, 6.45) is 2.66. The SMILES string of the molecule is CN(CCCCCO)C(=O)[C@@H](N)C(C)(C)C. The van der Waals surface area contributed by atoms with Gasteiger partial charge in [0.2, 0.25) is 5.91 Å². The zero-order valence-corrected chi connectivity index (χ0v) is 11.0. The lowest BCUT2D eigenvalue weighted by Gasteiger charge is -2.30. The minimum atomic E-state index is -0.449. The van der Waals surface area contributed by atoms with Gasteiger partial charge >= 0.3 is 0 Å². The van der Waals surface area contributed by atoms with E-state index in [9.17, 15) is 4.79 Å². The maximum Gasteiger partial charge on any atom is 0.239 e. The predicted octanol–water partition coefficient (Wildman–Crippen LogP) is 0.981. The van der Waals surface area contributed by atoms with Crippen LogP contribution in [0.3, 0.4) is 0 Å². The van der Waals surface area contributed by atoms with Crippen LogP contribution in [0.4, 0.5) is 0 Å². The molecule has 0 aliphatic rings. The molecule has 0 unspecified atom stereocenters. The van der Waals surface area contributed by atoms with E-state index < -0.39 is 6.04 Å². The summed E-state index contributed by atoms with van der Waals surface area (Å²) in [4.78, 5) is 13.6. The quantitative estimate of drug-likeness (QED) is 0.668. The number of nitrogens with two attached hydrogens (primary N) is 1. The van der Waals surface area contributed by atoms with Crippen molar-refractivity contribution < 1.29 is 9.90 Å². The molecule has 4 heteroatoms. The first-order valence-electron chi connectivity index (χ1n) is 5.92. The summed E-state index contributed by atoms with van der Waals surface area (Å²) >= 11 is 0. The largest absolute Gasteiger partial charge is 0.396 e. The number of carbonyl (C=O) groups is 1. The van der Waals surface area contributed by atoms with Gasteiger partial charge in [-0.05, 0) is 24.7 Å². The Bertz CT molecular complexity index is 212. The summed E-state index contributed by atoms with van der Waals surface area (Å²) < 4.78 is 0. The molecule has 4 nitrogen and oxygen atoms in total. The second-order valence-electron chi connectivity index (χ2n) is 5.39. The molecule has 0 spiro atoms. The number of carbonyl (C=O) groups excluding carboxylic acids is 1. The van der Waals surface area contributed by atoms with Crippen LogP contribution in [0, 0.1) is 5.41 Å². The molecule has 0 rings (SSSR count). The van der Waals surface area contributed by atoms with Gasteiger partial charge < -0.3 is 15.7 Å². The van der Waals surface area contributed by atoms with E-state index in [4.69, 9.17) is 10.8 Å². The first kappa shape index (κ1) is 15.4. The monoisotopic (exact) mass is 230 g/mol. The standard InChI is InChI=1S/C12H26N2O2/c1-12(2,3)10(13)11(16)14(4)8-6-5-7-9-15/h10,15H,5-9,13H2,1-4H3/t10-/m1/s1. The number of hydrogen-bond donors (Lipinski definition) is 2. The number of aliphatic hydroxyl groups excluding tert-OH is 1. The summed E-state index contributed by atoms with van der Waals surface area (Å²) in [5, 5.41) is 8.64. The van der Waals surface area contributed by atoms with Crippen molar-refractivity contribution in [2.45, 2.75) is 46.1 Å². The lowest BCUT2D eigenvalue weighted by molar-refractivity contribution is -0.133. The Morgan fingerprint density at radius 3 is 2.31 bits per heavy atom. The lowest BCUT2D eigenvalue weighted by atomic mass is 9.86. The molecule has 3 N–H and O–H groups in total. The van der Waals surface area contributed by atoms with Crippen molar-refractivity contribution in [1.82, 2.24) is 4.90 Å². The van der Waals surface area contributed by atoms with Crippen molar-refractivity contribution in [3.05, 3.63) is 0 Å². The summed E-state index contributed by atoms with van der Waals surface area (Å²) in [6, 6.07) is -0.449. The lowest BCUT2D eigenvalue weighted by Crippen LogP contribution is -2.49. The predicted molar refractivity (Wildman–Crippen MR) is 66.0 cm³/mol. The highest BCUT2D eigenvalue weighted by molar-refractivity contribution is 5.82. The van der Waals surface area contributed by atoms with Crippen LogP contribution in [0.15, 0.2) is 0 Å². The van der Waals surface area contributed by atoms with Gasteiger partial charge in [0.05, 0.1) is 6.04 Å². The van der Waals surface area contributed by atoms with Gasteiger partial charge in [0.25, 0.3) is 0 Å². The summed E-state index contributed by atoms with van der Waals surface area (Å²) in [5.41, 5.74) is 5.70. The minimum Gasteiger partial charge on any atom is -0.396 e. The van der Waals surface area contributed by atoms with Gasteiger partial charge in [-0.15, -0.1) is 0 Å². The fraction of sp³-hybridized carbons (Fsp3) is 0.917. The van der Waals surface area contributed by atoms with Crippen molar-refractivity contribution >= 4 is 5.91 Å². The van der Waals surface area contributed by atoms with E-state index >= 15 is 0 Å². The van der Waals surface area contributed by atoms with E-state index in [2.05, 4.69) is 0 Å². The van der Waals surface area contributed by atoms with Crippen molar-refractivity contribution in [2.75, 3.05) is 20.2 Å². The second kappa shape index (κ2) is 6.86. The van der Waals surface area contributed by atoms with Crippen LogP contribution in [0.1, 0.15) is 40.0 Å². The molecule has 0 aromatic carbocycles. The van der Waals surface area contributed by atoms with Crippen LogP contribution in [0.25, 0.3) is 0 Å². The molecule has 0 aliphatic heterocycles. The Balaban J connectivity index is 3.99. The van der Waals surface area contributed by atoms with Gasteiger partial charge in [-0.3, -0.25) is 4.79 Å². The number of amides is 1. The normalized spacial score (nSPS) is 13.6. The Hall–Kier alpha value is -0.610. The van der Waals surface area contributed by atoms with Crippen molar-refractivity contribution in [3.63, 3.8) is 0 Å². The third-order valence-corrected chi connectivity index (χ3v) is 2.73. The van der Waals surface area contributed by atoms with E-state index in [1.54, 1.807) is 11.9 Å². The van der Waals surface area contributed by atoms with E-state index in [1.165, 1.54) is 0 Å². The molecule has 0 fully saturated rings. The van der Waals surface area contributed by atoms with Crippen LogP contribution >= 0.6 is 0 Å². The van der Waals surface area contributed by atoms with Crippen molar-refractivity contribution in [1.29, 1.82) is 0 Å². The maximum atomic E-state index is 11.9. The molecule has 1 atom stereocenters. The summed E-state index contributed by atoms with van der Waals surface area (Å²) in [7, 11) is 1.78. The Morgan fingerprint density at radius 1 is 1.31 bits per heavy atom. The summed E-state index contributed by atoms with van der Waals surface area (Å²) in [6.45, 7) is 6.83. The Labute approximate surface area is 98.8 Å². The highest BCUT2D eigenvalue weighted by atomic mass is 16.2. The molecule has 0 aromatic rings. The number of likely N-dealkylation sites (N-methyl/N-ethyl adjacent to an activating group) is 1. The number of nitrogens with zero attached hydrogens (tertiary/aromatic N) is 1. The molecule has 0 saturated carbocycles. The molecule has 96 valence electrons. The molecule has 0 aliphatic carbocycles. The van der Waals surface area contributed by atoms with E-state index in [-0.39, 0.29) is 17.9 Å². The van der Waals surface area contributed by atoms with Crippen LogP contribution in [0.2, 0.25) is 0 Å². The second-order valence-corrected chi connectivity index (χ2v) is 5.39. The smallest absolute Gasteiger partial charge is 0.239 e. The van der Waals surface area contributed by atoms with Gasteiger partial charge in [-0.25, -0.2) is 0 Å². The third-order valence-electron chi connectivity index (χ3n) is 2.73. The van der Waals surface area contributed by atoms with Crippen LogP contribution < -0.4 is 5.73 Å². The molecule has 1 amide bonds. The van der Waals surface area contributed by atoms with Crippen LogP contribution in [0.5, 0.6) is 0 Å². The highest BCUT2D eigenvalue weighted by Gasteiger charge is 2.29. The number of rotatable bonds is 6. The minimum absolute atomic E-state index is 0.00324. The number of hydrogen-bond acceptors (Lipinski definition) is 3. The molecule has 0 aromatic heterocycles. The maximum absolute atomic E-state index is 11.9. The first-order chi connectivity index (χ1) is 7.30. The van der Waals surface area contributed by atoms with Gasteiger partial charge in [-0.2, -0.15) is 0 Å². The van der Waals surface area contributed by atoms with Gasteiger partial charge in [0.15, 0.2) is 0 Å². The molecule has 0 heterocycles. The fourth-order valence-corrected chi connectivity index (χ4v) is 1.36. The van der Waals surface area contributed by atoms with E-state index in [0.29, 0.717) is 6.54 Å². The number of aliphatic hydroxyl groups is 1. The van der Waals surface area contributed by atoms with Crippen LogP contribution in [-0.4, -0.2) is 42.2 Å². The molecule has 0 radical (unpaired) electrons. The molecular weight excluding hydrogens is 204 g/mol. The van der Waals surface area contributed by atoms with Crippen molar-refractivity contribution in [2.24, 2.45) is 11.1 Å². The molecule has 0 bridgehead atoms. The van der Waals surface area contributed by atoms with E-state index in [0.717, 1.165) is 19.3 Å². The van der Waals surface area contributed by atoms with Crippen LogP contribution in [-0.2, 0) is 4.79 Å². The van der Waals surface area contributed by atoms with Crippen molar-refractivity contribution in [3.8, 4) is 0 Å². The van der Waals surface area contributed by atoms with E-state index in [1.807, 2.05) is 20.8 Å². The molecule has 0 saturated heterocycles. The molecular formula is C12H26N2O2. The third kappa shape index (κ3) is 5.47. The van der Waals surface area contributed by atoms with Gasteiger partial charge in [0.1, 0.15) is 0 Å². The van der Waals surface area contributed by atoms with Gasteiger partial charge in [-0.1, -0.05) is 20.8 Å². The molecule has 16 heavy (non-hydrogen) atoms. The zero-order chi connectivity index (χ0) is 12.8. The zero-order valence-electron chi connectivity index (χ0n) is 11.0. The summed E-state index contributed by atoms with van der Waals surface area (Å²) in [5.74, 6) is -0.00324. The van der Waals surface area contributed by atoms with Gasteiger partial charge in [0, 0.05) is 20.2 Å². The number of unbranched alkanes of at least 4 members (excludes halogenated alkanes) is 2. The average Bonchev–Trinajstić information content (AvgIpc) is 2.20. The Kier molecular flexibility index (Phi) is 6.60. The first-order valence-corrected chi connectivity index (χ1v) is 5.92. The fourth-order valence-electron chi connectivity index (χ4n) is 1.36.